The van der Waals surface area contributed by atoms with Crippen molar-refractivity contribution in [2.24, 2.45) is 5.10 Å². The van der Waals surface area contributed by atoms with Crippen LogP contribution in [-0.4, -0.2) is 16.7 Å². The molecule has 1 aliphatic rings. The molecule has 0 aliphatic carbocycles. The van der Waals surface area contributed by atoms with Crippen molar-refractivity contribution in [2.45, 2.75) is 18.7 Å². The first-order chi connectivity index (χ1) is 10.6. The highest BCUT2D eigenvalue weighted by atomic mass is 32.2. The summed E-state index contributed by atoms with van der Waals surface area (Å²) in [7, 11) is 0. The van der Waals surface area contributed by atoms with Gasteiger partial charge in [-0.2, -0.15) is 10.1 Å². The Kier molecular flexibility index (Phi) is 3.81. The van der Waals surface area contributed by atoms with Gasteiger partial charge >= 0.3 is 0 Å². The van der Waals surface area contributed by atoms with Crippen molar-refractivity contribution in [1.29, 1.82) is 0 Å². The Balaban J connectivity index is 2.15. The van der Waals surface area contributed by atoms with Crippen LogP contribution in [0.15, 0.2) is 58.5 Å². The number of nitrogens with zero attached hydrogens (tertiary/aromatic N) is 2. The fraction of sp³-hybridized carbons (Fsp3) is 0.118. The minimum Gasteiger partial charge on any atom is -0.292 e. The number of rotatable bonds is 2. The molecule has 0 spiro atoms. The van der Waals surface area contributed by atoms with Crippen LogP contribution in [0.5, 0.6) is 0 Å². The van der Waals surface area contributed by atoms with Gasteiger partial charge in [0, 0.05) is 11.8 Å². The molecule has 22 heavy (non-hydrogen) atoms. The quantitative estimate of drug-likeness (QED) is 0.850. The maximum absolute atomic E-state index is 12.8. The van der Waals surface area contributed by atoms with Crippen LogP contribution in [0.3, 0.4) is 0 Å². The lowest BCUT2D eigenvalue weighted by atomic mass is 10.2. The van der Waals surface area contributed by atoms with Gasteiger partial charge in [-0.3, -0.25) is 9.59 Å². The van der Waals surface area contributed by atoms with E-state index in [2.05, 4.69) is 5.10 Å². The standard InChI is InChI=1S/C17H14N2O2S/c1-11-7-9-13(10-8-11)19-17(21)14-5-3-4-6-15(14)22-16(18-19)12(2)20/h3-10H,1-2H3. The lowest BCUT2D eigenvalue weighted by molar-refractivity contribution is -0.110. The van der Waals surface area contributed by atoms with Crippen molar-refractivity contribution in [1.82, 2.24) is 0 Å². The van der Waals surface area contributed by atoms with Gasteiger partial charge in [-0.05, 0) is 31.2 Å². The molecule has 0 fully saturated rings. The van der Waals surface area contributed by atoms with E-state index in [0.29, 0.717) is 16.3 Å². The van der Waals surface area contributed by atoms with Crippen molar-refractivity contribution in [3.63, 3.8) is 0 Å². The van der Waals surface area contributed by atoms with Gasteiger partial charge in [0.1, 0.15) is 0 Å². The summed E-state index contributed by atoms with van der Waals surface area (Å²) in [4.78, 5) is 25.3. The van der Waals surface area contributed by atoms with Crippen molar-refractivity contribution in [3.05, 3.63) is 59.7 Å². The lowest BCUT2D eigenvalue weighted by Crippen LogP contribution is -2.26. The minimum absolute atomic E-state index is 0.161. The van der Waals surface area contributed by atoms with E-state index in [1.807, 2.05) is 49.4 Å². The third kappa shape index (κ3) is 2.67. The molecular weight excluding hydrogens is 296 g/mol. The number of hydrogen-bond donors (Lipinski definition) is 0. The fourth-order valence-corrected chi connectivity index (χ4v) is 3.00. The molecule has 2 aromatic carbocycles. The molecule has 1 aliphatic heterocycles. The molecule has 5 heteroatoms. The number of carbonyl (C=O) groups is 2. The summed E-state index contributed by atoms with van der Waals surface area (Å²) < 4.78 is 0. The van der Waals surface area contributed by atoms with Gasteiger partial charge in [-0.1, -0.05) is 41.6 Å². The van der Waals surface area contributed by atoms with E-state index in [1.54, 1.807) is 6.07 Å². The van der Waals surface area contributed by atoms with E-state index in [0.717, 1.165) is 10.5 Å². The zero-order valence-electron chi connectivity index (χ0n) is 12.2. The van der Waals surface area contributed by atoms with Crippen LogP contribution in [0.25, 0.3) is 0 Å². The van der Waals surface area contributed by atoms with Gasteiger partial charge in [-0.15, -0.1) is 0 Å². The number of hydrogen-bond acceptors (Lipinski definition) is 4. The highest BCUT2D eigenvalue weighted by Gasteiger charge is 2.26. The highest BCUT2D eigenvalue weighted by Crippen LogP contribution is 2.31. The Labute approximate surface area is 132 Å². The van der Waals surface area contributed by atoms with Gasteiger partial charge in [0.25, 0.3) is 5.91 Å². The second kappa shape index (κ2) is 5.77. The van der Waals surface area contributed by atoms with Crippen LogP contribution in [0.4, 0.5) is 5.69 Å². The first kappa shape index (κ1) is 14.5. The Hall–Kier alpha value is -2.40. The summed E-state index contributed by atoms with van der Waals surface area (Å²) in [5, 5.41) is 5.89. The topological polar surface area (TPSA) is 49.7 Å². The summed E-state index contributed by atoms with van der Waals surface area (Å²) >= 11 is 1.23. The smallest absolute Gasteiger partial charge is 0.279 e. The number of anilines is 1. The van der Waals surface area contributed by atoms with Crippen molar-refractivity contribution >= 4 is 34.2 Å². The SMILES string of the molecule is CC(=O)C1=NN(c2ccc(C)cc2)C(=O)c2ccccc2S1. The van der Waals surface area contributed by atoms with Gasteiger partial charge in [0.15, 0.2) is 10.8 Å². The van der Waals surface area contributed by atoms with Gasteiger partial charge in [0.2, 0.25) is 0 Å². The number of aryl methyl sites for hydroxylation is 1. The third-order valence-electron chi connectivity index (χ3n) is 3.29. The molecule has 0 radical (unpaired) electrons. The van der Waals surface area contributed by atoms with Crippen molar-refractivity contribution in [2.75, 3.05) is 5.01 Å². The van der Waals surface area contributed by atoms with E-state index in [4.69, 9.17) is 0 Å². The predicted molar refractivity (Wildman–Crippen MR) is 88.4 cm³/mol. The van der Waals surface area contributed by atoms with E-state index in [9.17, 15) is 9.59 Å². The van der Waals surface area contributed by atoms with Crippen LogP contribution in [0.2, 0.25) is 0 Å². The Morgan fingerprint density at radius 1 is 1.09 bits per heavy atom. The molecule has 1 heterocycles. The average molecular weight is 310 g/mol. The Morgan fingerprint density at radius 3 is 2.45 bits per heavy atom. The van der Waals surface area contributed by atoms with E-state index >= 15 is 0 Å². The van der Waals surface area contributed by atoms with Gasteiger partial charge in [-0.25, -0.2) is 0 Å². The molecule has 0 N–H and O–H groups in total. The average Bonchev–Trinajstić information content (AvgIpc) is 2.66. The molecule has 1 amide bonds. The monoisotopic (exact) mass is 310 g/mol. The Morgan fingerprint density at radius 2 is 1.77 bits per heavy atom. The second-order valence-electron chi connectivity index (χ2n) is 5.01. The summed E-state index contributed by atoms with van der Waals surface area (Å²) in [6, 6.07) is 14.7. The summed E-state index contributed by atoms with van der Waals surface area (Å²) in [5.74, 6) is -0.394. The number of ketones is 1. The van der Waals surface area contributed by atoms with E-state index in [1.165, 1.54) is 23.7 Å². The molecule has 3 rings (SSSR count). The molecule has 0 bridgehead atoms. The maximum Gasteiger partial charge on any atom is 0.279 e. The van der Waals surface area contributed by atoms with Gasteiger partial charge in [0.05, 0.1) is 11.3 Å². The molecule has 4 nitrogen and oxygen atoms in total. The number of carbonyl (C=O) groups excluding carboxylic acids is 2. The zero-order chi connectivity index (χ0) is 15.7. The number of amides is 1. The number of thioether (sulfide) groups is 1. The van der Waals surface area contributed by atoms with Crippen LogP contribution in [0, 0.1) is 6.92 Å². The lowest BCUT2D eigenvalue weighted by Gasteiger charge is -2.16. The van der Waals surface area contributed by atoms with E-state index in [-0.39, 0.29) is 11.7 Å². The van der Waals surface area contributed by atoms with E-state index < -0.39 is 0 Å². The minimum atomic E-state index is -0.233. The number of fused-ring (bicyclic) bond motifs is 1. The summed E-state index contributed by atoms with van der Waals surface area (Å²) in [5.41, 5.74) is 2.29. The number of benzene rings is 2. The largest absolute Gasteiger partial charge is 0.292 e. The maximum atomic E-state index is 12.8. The fourth-order valence-electron chi connectivity index (χ4n) is 2.11. The normalized spacial score (nSPS) is 14.2. The van der Waals surface area contributed by atoms with Crippen LogP contribution < -0.4 is 5.01 Å². The molecule has 110 valence electrons. The molecule has 0 saturated carbocycles. The molecule has 2 aromatic rings. The first-order valence-electron chi connectivity index (χ1n) is 6.84. The first-order valence-corrected chi connectivity index (χ1v) is 7.65. The van der Waals surface area contributed by atoms with Crippen molar-refractivity contribution in [3.8, 4) is 0 Å². The number of Topliss-reactive ketones (excluding diaryl/α,β-unsaturated/α-hetero) is 1. The van der Waals surface area contributed by atoms with Crippen LogP contribution >= 0.6 is 11.8 Å². The third-order valence-corrected chi connectivity index (χ3v) is 4.43. The van der Waals surface area contributed by atoms with Crippen LogP contribution in [0.1, 0.15) is 22.8 Å². The molecule has 0 saturated heterocycles. The molecule has 0 unspecified atom stereocenters. The van der Waals surface area contributed by atoms with Gasteiger partial charge < -0.3 is 0 Å². The highest BCUT2D eigenvalue weighted by molar-refractivity contribution is 8.15. The van der Waals surface area contributed by atoms with Crippen molar-refractivity contribution < 1.29 is 9.59 Å². The zero-order valence-corrected chi connectivity index (χ0v) is 13.1. The summed E-state index contributed by atoms with van der Waals surface area (Å²) in [6.45, 7) is 3.43. The Bertz CT molecular complexity index is 782. The molecular formula is C17H14N2O2S. The van der Waals surface area contributed by atoms with Crippen LogP contribution in [-0.2, 0) is 4.79 Å². The predicted octanol–water partition coefficient (Wildman–Crippen LogP) is 3.65. The number of hydrazone groups is 1. The molecule has 0 aromatic heterocycles. The summed E-state index contributed by atoms with van der Waals surface area (Å²) in [6.07, 6.45) is 0. The second-order valence-corrected chi connectivity index (χ2v) is 6.04. The molecule has 0 atom stereocenters.